The van der Waals surface area contributed by atoms with Crippen molar-refractivity contribution in [3.8, 4) is 0 Å². The number of hydrogen-bond donors (Lipinski definition) is 3. The maximum absolute atomic E-state index is 6.06. The van der Waals surface area contributed by atoms with Crippen LogP contribution in [0.2, 0.25) is 5.02 Å². The van der Waals surface area contributed by atoms with Crippen LogP contribution < -0.4 is 15.5 Å². The van der Waals surface area contributed by atoms with Gasteiger partial charge in [0.05, 0.1) is 18.1 Å². The molecule has 2 heterocycles. The van der Waals surface area contributed by atoms with Gasteiger partial charge in [-0.1, -0.05) is 17.7 Å². The number of anilines is 1. The molecule has 1 aromatic rings. The van der Waals surface area contributed by atoms with E-state index in [9.17, 15) is 0 Å². The highest BCUT2D eigenvalue weighted by Crippen LogP contribution is 2.26. The third kappa shape index (κ3) is 4.12. The van der Waals surface area contributed by atoms with Gasteiger partial charge < -0.3 is 15.5 Å². The molecule has 2 saturated heterocycles. The maximum atomic E-state index is 6.06. The van der Waals surface area contributed by atoms with Crippen LogP contribution in [0.1, 0.15) is 57.8 Å². The van der Waals surface area contributed by atoms with Gasteiger partial charge in [0, 0.05) is 29.6 Å². The summed E-state index contributed by atoms with van der Waals surface area (Å²) in [6.45, 7) is 0. The molecule has 0 radical (unpaired) electrons. The van der Waals surface area contributed by atoms with Crippen LogP contribution >= 0.6 is 23.8 Å². The zero-order valence-electron chi connectivity index (χ0n) is 14.8. The standard InChI is InChI=1S/C20H28ClN3S/c21-14-5-3-6-15(11-14)22-20(25)23-16-12-18-9-4-10-19(13-16)24(18)17-7-1-2-8-17/h3,5-6,11,16-19H,1-2,4,7-10,12-13H2,(H2,22,23,25)/p+1/t16?,18-,19+. The van der Waals surface area contributed by atoms with Crippen molar-refractivity contribution in [2.24, 2.45) is 0 Å². The van der Waals surface area contributed by atoms with Gasteiger partial charge in [0.15, 0.2) is 5.11 Å². The second-order valence-corrected chi connectivity index (χ2v) is 8.93. The van der Waals surface area contributed by atoms with Crippen LogP contribution in [0.3, 0.4) is 0 Å². The summed E-state index contributed by atoms with van der Waals surface area (Å²) in [5, 5.41) is 8.34. The van der Waals surface area contributed by atoms with Gasteiger partial charge in [0.1, 0.15) is 0 Å². The van der Waals surface area contributed by atoms with Gasteiger partial charge in [-0.25, -0.2) is 0 Å². The Bertz CT molecular complexity index is 603. The van der Waals surface area contributed by atoms with Gasteiger partial charge >= 0.3 is 0 Å². The Morgan fingerprint density at radius 3 is 2.36 bits per heavy atom. The van der Waals surface area contributed by atoms with Gasteiger partial charge in [-0.2, -0.15) is 0 Å². The summed E-state index contributed by atoms with van der Waals surface area (Å²) in [5.74, 6) is 0. The van der Waals surface area contributed by atoms with Crippen LogP contribution in [-0.4, -0.2) is 29.3 Å². The minimum Gasteiger partial charge on any atom is -0.359 e. The summed E-state index contributed by atoms with van der Waals surface area (Å²) in [5.41, 5.74) is 0.958. The highest BCUT2D eigenvalue weighted by atomic mass is 35.5. The first kappa shape index (κ1) is 17.6. The molecule has 3 aliphatic rings. The Balaban J connectivity index is 1.35. The topological polar surface area (TPSA) is 28.5 Å². The molecule has 4 atom stereocenters. The SMILES string of the molecule is S=C(Nc1cccc(Cl)c1)NC1C[C@H]2CCC[C@@H](C1)[NH+]2C1CCCC1. The molecule has 2 aliphatic heterocycles. The molecule has 25 heavy (non-hydrogen) atoms. The summed E-state index contributed by atoms with van der Waals surface area (Å²) >= 11 is 11.6. The van der Waals surface area contributed by atoms with E-state index in [1.54, 1.807) is 0 Å². The van der Waals surface area contributed by atoms with E-state index in [2.05, 4.69) is 10.6 Å². The lowest BCUT2D eigenvalue weighted by Gasteiger charge is -2.48. The zero-order chi connectivity index (χ0) is 17.2. The average molecular weight is 379 g/mol. The molecule has 5 heteroatoms. The largest absolute Gasteiger partial charge is 0.359 e. The van der Waals surface area contributed by atoms with E-state index in [0.717, 1.165) is 33.9 Å². The van der Waals surface area contributed by atoms with Gasteiger partial charge in [-0.3, -0.25) is 0 Å². The van der Waals surface area contributed by atoms with Crippen molar-refractivity contribution in [2.45, 2.75) is 82.0 Å². The minimum atomic E-state index is 0.514. The zero-order valence-corrected chi connectivity index (χ0v) is 16.3. The third-order valence-corrected chi connectivity index (χ3v) is 6.89. The molecule has 3 N–H and O–H groups in total. The molecule has 1 aliphatic carbocycles. The van der Waals surface area contributed by atoms with Crippen LogP contribution in [0.4, 0.5) is 5.69 Å². The molecule has 4 rings (SSSR count). The number of halogens is 1. The van der Waals surface area contributed by atoms with E-state index in [0.29, 0.717) is 6.04 Å². The highest BCUT2D eigenvalue weighted by molar-refractivity contribution is 7.80. The molecule has 1 aromatic carbocycles. The molecule has 2 bridgehead atoms. The van der Waals surface area contributed by atoms with E-state index in [1.807, 2.05) is 29.2 Å². The second-order valence-electron chi connectivity index (χ2n) is 8.08. The van der Waals surface area contributed by atoms with Crippen molar-refractivity contribution in [2.75, 3.05) is 5.32 Å². The number of benzene rings is 1. The lowest BCUT2D eigenvalue weighted by molar-refractivity contribution is -0.982. The third-order valence-electron chi connectivity index (χ3n) is 6.43. The summed E-state index contributed by atoms with van der Waals surface area (Å²) < 4.78 is 0. The van der Waals surface area contributed by atoms with E-state index in [4.69, 9.17) is 23.8 Å². The second kappa shape index (κ2) is 7.81. The highest BCUT2D eigenvalue weighted by Gasteiger charge is 2.45. The first-order chi connectivity index (χ1) is 12.2. The number of fused-ring (bicyclic) bond motifs is 2. The van der Waals surface area contributed by atoms with Crippen LogP contribution in [0.15, 0.2) is 24.3 Å². The normalized spacial score (nSPS) is 32.4. The number of nitrogens with one attached hydrogen (secondary N) is 3. The summed E-state index contributed by atoms with van der Waals surface area (Å²) in [7, 11) is 0. The van der Waals surface area contributed by atoms with Crippen LogP contribution in [0.25, 0.3) is 0 Å². The molecule has 2 unspecified atom stereocenters. The molecular weight excluding hydrogens is 350 g/mol. The van der Waals surface area contributed by atoms with Gasteiger partial charge in [0.25, 0.3) is 0 Å². The molecule has 0 aromatic heterocycles. The predicted octanol–water partition coefficient (Wildman–Crippen LogP) is 3.54. The van der Waals surface area contributed by atoms with Crippen LogP contribution in [0, 0.1) is 0 Å². The predicted molar refractivity (Wildman–Crippen MR) is 108 cm³/mol. The summed E-state index contributed by atoms with van der Waals surface area (Å²) in [6, 6.07) is 10.9. The van der Waals surface area contributed by atoms with Crippen LogP contribution in [0.5, 0.6) is 0 Å². The average Bonchev–Trinajstić information content (AvgIpc) is 3.08. The lowest BCUT2D eigenvalue weighted by Crippen LogP contribution is -3.24. The van der Waals surface area contributed by atoms with E-state index >= 15 is 0 Å². The molecule has 0 amide bonds. The number of rotatable bonds is 3. The monoisotopic (exact) mass is 378 g/mol. The fraction of sp³-hybridized carbons (Fsp3) is 0.650. The molecule has 1 saturated carbocycles. The summed E-state index contributed by atoms with van der Waals surface area (Å²) in [6.07, 6.45) is 12.5. The fourth-order valence-electron chi connectivity index (χ4n) is 5.53. The van der Waals surface area contributed by atoms with Crippen molar-refractivity contribution >= 4 is 34.6 Å². The molecule has 3 fully saturated rings. The van der Waals surface area contributed by atoms with Crippen molar-refractivity contribution in [3.63, 3.8) is 0 Å². The Labute approximate surface area is 161 Å². The molecule has 0 spiro atoms. The first-order valence-electron chi connectivity index (χ1n) is 9.89. The van der Waals surface area contributed by atoms with Gasteiger partial charge in [-0.15, -0.1) is 0 Å². The van der Waals surface area contributed by atoms with Crippen molar-refractivity contribution in [3.05, 3.63) is 29.3 Å². The van der Waals surface area contributed by atoms with Crippen molar-refractivity contribution < 1.29 is 4.90 Å². The van der Waals surface area contributed by atoms with E-state index < -0.39 is 0 Å². The van der Waals surface area contributed by atoms with Crippen molar-refractivity contribution in [1.29, 1.82) is 0 Å². The van der Waals surface area contributed by atoms with E-state index in [1.165, 1.54) is 57.8 Å². The quantitative estimate of drug-likeness (QED) is 0.702. The Kier molecular flexibility index (Phi) is 5.49. The Morgan fingerprint density at radius 2 is 1.68 bits per heavy atom. The van der Waals surface area contributed by atoms with Crippen molar-refractivity contribution in [1.82, 2.24) is 5.32 Å². The molecule has 3 nitrogen and oxygen atoms in total. The smallest absolute Gasteiger partial charge is 0.171 e. The Morgan fingerprint density at radius 1 is 1.00 bits per heavy atom. The lowest BCUT2D eigenvalue weighted by atomic mass is 9.80. The van der Waals surface area contributed by atoms with Crippen LogP contribution in [-0.2, 0) is 0 Å². The molecule has 136 valence electrons. The number of hydrogen-bond acceptors (Lipinski definition) is 1. The fourth-order valence-corrected chi connectivity index (χ4v) is 6.01. The van der Waals surface area contributed by atoms with Gasteiger partial charge in [0.2, 0.25) is 0 Å². The van der Waals surface area contributed by atoms with Gasteiger partial charge in [-0.05, 0) is 75.4 Å². The van der Waals surface area contributed by atoms with E-state index in [-0.39, 0.29) is 0 Å². The minimum absolute atomic E-state index is 0.514. The molecular formula is C20H29ClN3S+. The number of quaternary nitrogens is 1. The number of thiocarbonyl (C=S) groups is 1. The summed E-state index contributed by atoms with van der Waals surface area (Å²) in [4.78, 5) is 1.95. The number of piperidine rings is 2. The Hall–Kier alpha value is -0.840. The maximum Gasteiger partial charge on any atom is 0.171 e. The first-order valence-corrected chi connectivity index (χ1v) is 10.7.